The van der Waals surface area contributed by atoms with Crippen molar-refractivity contribution in [1.82, 2.24) is 9.55 Å². The zero-order chi connectivity index (χ0) is 20.9. The van der Waals surface area contributed by atoms with Crippen molar-refractivity contribution in [3.63, 3.8) is 0 Å². The monoisotopic (exact) mass is 400 g/mol. The zero-order valence-corrected chi connectivity index (χ0v) is 16.4. The van der Waals surface area contributed by atoms with E-state index in [-0.39, 0.29) is 17.3 Å². The molecule has 4 nitrogen and oxygen atoms in total. The second kappa shape index (κ2) is 6.61. The minimum atomic E-state index is -0.220. The van der Waals surface area contributed by atoms with Gasteiger partial charge in [0.1, 0.15) is 17.2 Å². The first kappa shape index (κ1) is 17.5. The minimum Gasteiger partial charge on any atom is -0.289 e. The van der Waals surface area contributed by atoms with Crippen molar-refractivity contribution in [2.45, 2.75) is 0 Å². The summed E-state index contributed by atoms with van der Waals surface area (Å²) in [5, 5.41) is 2.19. The van der Waals surface area contributed by atoms with Crippen LogP contribution in [0.5, 0.6) is 0 Å². The maximum atomic E-state index is 13.5. The molecule has 0 bridgehead atoms. The maximum absolute atomic E-state index is 13.5. The molecule has 31 heavy (non-hydrogen) atoms. The van der Waals surface area contributed by atoms with E-state index in [4.69, 9.17) is 4.98 Å². The molecular formula is C27H16N2O2. The number of ketones is 2. The average molecular weight is 400 g/mol. The third-order valence-corrected chi connectivity index (χ3v) is 5.75. The third-order valence-electron chi connectivity index (χ3n) is 5.75. The zero-order valence-electron chi connectivity index (χ0n) is 16.4. The van der Waals surface area contributed by atoms with Crippen molar-refractivity contribution >= 4 is 22.3 Å². The van der Waals surface area contributed by atoms with Crippen LogP contribution < -0.4 is 0 Å². The first-order valence-electron chi connectivity index (χ1n) is 10.1. The molecule has 1 aliphatic rings. The summed E-state index contributed by atoms with van der Waals surface area (Å²) < 4.78 is 1.82. The molecule has 0 amide bonds. The number of imidazole rings is 1. The summed E-state index contributed by atoms with van der Waals surface area (Å²) in [5.41, 5.74) is 2.99. The number of rotatable bonds is 2. The summed E-state index contributed by atoms with van der Waals surface area (Å²) >= 11 is 0. The lowest BCUT2D eigenvalue weighted by Gasteiger charge is -2.16. The van der Waals surface area contributed by atoms with Crippen LogP contribution in [0.2, 0.25) is 0 Å². The van der Waals surface area contributed by atoms with Gasteiger partial charge in [-0.05, 0) is 29.0 Å². The standard InChI is InChI=1S/C27H16N2O2/c30-25-21-12-6-7-13-22(21)26(31)24-23(25)28-27(29(24)20-10-2-1-3-11-20)19-15-14-17-8-4-5-9-18(17)16-19/h1-16H. The van der Waals surface area contributed by atoms with E-state index in [0.717, 1.165) is 22.0 Å². The van der Waals surface area contributed by atoms with Crippen LogP contribution in [-0.4, -0.2) is 21.1 Å². The molecule has 4 heteroatoms. The number of para-hydroxylation sites is 1. The van der Waals surface area contributed by atoms with Crippen LogP contribution in [0.4, 0.5) is 0 Å². The molecule has 1 aromatic heterocycles. The highest BCUT2D eigenvalue weighted by Crippen LogP contribution is 2.34. The lowest BCUT2D eigenvalue weighted by molar-refractivity contribution is 0.0972. The Hall–Kier alpha value is -4.31. The number of fused-ring (bicyclic) bond motifs is 3. The van der Waals surface area contributed by atoms with Gasteiger partial charge in [-0.3, -0.25) is 14.2 Å². The van der Waals surface area contributed by atoms with E-state index in [2.05, 4.69) is 6.07 Å². The molecule has 5 aromatic rings. The quantitative estimate of drug-likeness (QED) is 0.387. The third kappa shape index (κ3) is 2.58. The van der Waals surface area contributed by atoms with Crippen LogP contribution in [0.15, 0.2) is 97.1 Å². The molecule has 0 fully saturated rings. The lowest BCUT2D eigenvalue weighted by atomic mass is 9.90. The predicted octanol–water partition coefficient (Wildman–Crippen LogP) is 5.47. The summed E-state index contributed by atoms with van der Waals surface area (Å²) in [6.07, 6.45) is 0. The van der Waals surface area contributed by atoms with Gasteiger partial charge in [0.2, 0.25) is 11.6 Å². The number of benzene rings is 4. The van der Waals surface area contributed by atoms with Gasteiger partial charge >= 0.3 is 0 Å². The van der Waals surface area contributed by atoms with Gasteiger partial charge in [-0.2, -0.15) is 0 Å². The predicted molar refractivity (Wildman–Crippen MR) is 120 cm³/mol. The largest absolute Gasteiger partial charge is 0.289 e. The summed E-state index contributed by atoms with van der Waals surface area (Å²) in [6, 6.07) is 30.7. The van der Waals surface area contributed by atoms with Gasteiger partial charge in [0.05, 0.1) is 0 Å². The first-order valence-corrected chi connectivity index (χ1v) is 10.1. The van der Waals surface area contributed by atoms with Crippen LogP contribution in [0.25, 0.3) is 27.8 Å². The number of hydrogen-bond donors (Lipinski definition) is 0. The molecule has 0 atom stereocenters. The van der Waals surface area contributed by atoms with Crippen molar-refractivity contribution in [1.29, 1.82) is 0 Å². The number of carbonyl (C=O) groups is 2. The molecular weight excluding hydrogens is 384 g/mol. The van der Waals surface area contributed by atoms with Gasteiger partial charge in [0.15, 0.2) is 0 Å². The molecule has 0 N–H and O–H groups in total. The topological polar surface area (TPSA) is 52.0 Å². The highest BCUT2D eigenvalue weighted by Gasteiger charge is 2.36. The Bertz CT molecular complexity index is 1510. The second-order valence-electron chi connectivity index (χ2n) is 7.57. The molecule has 1 heterocycles. The summed E-state index contributed by atoms with van der Waals surface area (Å²) in [4.78, 5) is 31.5. The van der Waals surface area contributed by atoms with E-state index in [9.17, 15) is 9.59 Å². The Morgan fingerprint density at radius 1 is 0.613 bits per heavy atom. The SMILES string of the molecule is O=C1c2ccccc2C(=O)c2c1nc(-c1ccc3ccccc3c1)n2-c1ccccc1. The Morgan fingerprint density at radius 3 is 2.03 bits per heavy atom. The molecule has 0 saturated heterocycles. The van der Waals surface area contributed by atoms with E-state index in [1.54, 1.807) is 24.3 Å². The normalized spacial score (nSPS) is 12.6. The summed E-state index contributed by atoms with van der Waals surface area (Å²) in [7, 11) is 0. The molecule has 6 rings (SSSR count). The van der Waals surface area contributed by atoms with Crippen molar-refractivity contribution in [2.75, 3.05) is 0 Å². The van der Waals surface area contributed by atoms with Gasteiger partial charge in [0, 0.05) is 22.4 Å². The van der Waals surface area contributed by atoms with E-state index < -0.39 is 0 Å². The molecule has 4 aromatic carbocycles. The van der Waals surface area contributed by atoms with E-state index in [1.165, 1.54) is 0 Å². The van der Waals surface area contributed by atoms with Crippen LogP contribution in [0.1, 0.15) is 32.1 Å². The van der Waals surface area contributed by atoms with E-state index >= 15 is 0 Å². The maximum Gasteiger partial charge on any atom is 0.214 e. The molecule has 1 aliphatic carbocycles. The lowest BCUT2D eigenvalue weighted by Crippen LogP contribution is -2.22. The Kier molecular flexibility index (Phi) is 3.74. The molecule has 0 radical (unpaired) electrons. The van der Waals surface area contributed by atoms with Crippen LogP contribution in [-0.2, 0) is 0 Å². The van der Waals surface area contributed by atoms with Gasteiger partial charge < -0.3 is 0 Å². The number of carbonyl (C=O) groups excluding carboxylic acids is 2. The molecule has 0 saturated carbocycles. The fourth-order valence-corrected chi connectivity index (χ4v) is 4.27. The molecule has 0 spiro atoms. The van der Waals surface area contributed by atoms with Crippen molar-refractivity contribution < 1.29 is 9.59 Å². The number of hydrogen-bond acceptors (Lipinski definition) is 3. The Morgan fingerprint density at radius 2 is 1.26 bits per heavy atom. The number of aromatic nitrogens is 2. The van der Waals surface area contributed by atoms with Crippen molar-refractivity contribution in [3.05, 3.63) is 120 Å². The van der Waals surface area contributed by atoms with Gasteiger partial charge in [-0.25, -0.2) is 4.98 Å². The highest BCUT2D eigenvalue weighted by atomic mass is 16.1. The highest BCUT2D eigenvalue weighted by molar-refractivity contribution is 6.27. The smallest absolute Gasteiger partial charge is 0.214 e. The fraction of sp³-hybridized carbons (Fsp3) is 0. The number of nitrogens with zero attached hydrogens (tertiary/aromatic N) is 2. The van der Waals surface area contributed by atoms with Crippen LogP contribution in [0.3, 0.4) is 0 Å². The Labute approximate surface area is 178 Å². The van der Waals surface area contributed by atoms with Gasteiger partial charge in [-0.15, -0.1) is 0 Å². The molecule has 0 aliphatic heterocycles. The molecule has 0 unspecified atom stereocenters. The first-order chi connectivity index (χ1) is 15.2. The van der Waals surface area contributed by atoms with Crippen molar-refractivity contribution in [2.24, 2.45) is 0 Å². The fourth-order valence-electron chi connectivity index (χ4n) is 4.27. The molecule has 146 valence electrons. The average Bonchev–Trinajstić information content (AvgIpc) is 3.24. The van der Waals surface area contributed by atoms with E-state index in [0.29, 0.717) is 22.6 Å². The van der Waals surface area contributed by atoms with Crippen LogP contribution >= 0.6 is 0 Å². The van der Waals surface area contributed by atoms with Gasteiger partial charge in [0.25, 0.3) is 0 Å². The van der Waals surface area contributed by atoms with E-state index in [1.807, 2.05) is 71.3 Å². The minimum absolute atomic E-state index is 0.186. The summed E-state index contributed by atoms with van der Waals surface area (Å²) in [5.74, 6) is 0.173. The van der Waals surface area contributed by atoms with Gasteiger partial charge in [-0.1, -0.05) is 78.9 Å². The van der Waals surface area contributed by atoms with Crippen LogP contribution in [0, 0.1) is 0 Å². The second-order valence-corrected chi connectivity index (χ2v) is 7.57. The van der Waals surface area contributed by atoms with Crippen molar-refractivity contribution in [3.8, 4) is 17.1 Å². The summed E-state index contributed by atoms with van der Waals surface area (Å²) in [6.45, 7) is 0. The Balaban J connectivity index is 1.67.